The predicted octanol–water partition coefficient (Wildman–Crippen LogP) is 0.470. The average Bonchev–Trinajstić information content (AvgIpc) is 3.14. The SMILES string of the molecule is CCCC(NC(=O)CSc1nnnn1C1CC1)C(=O)O. The van der Waals surface area contributed by atoms with Crippen LogP contribution in [0.2, 0.25) is 0 Å². The summed E-state index contributed by atoms with van der Waals surface area (Å²) in [6.45, 7) is 1.88. The number of carboxylic acids is 1. The monoisotopic (exact) mass is 299 g/mol. The van der Waals surface area contributed by atoms with Gasteiger partial charge in [0.1, 0.15) is 6.04 Å². The van der Waals surface area contributed by atoms with Crippen molar-refractivity contribution >= 4 is 23.6 Å². The van der Waals surface area contributed by atoms with E-state index >= 15 is 0 Å². The second kappa shape index (κ2) is 6.69. The van der Waals surface area contributed by atoms with Crippen LogP contribution in [0.4, 0.5) is 0 Å². The molecule has 2 N–H and O–H groups in total. The Balaban J connectivity index is 1.82. The van der Waals surface area contributed by atoms with E-state index in [1.165, 1.54) is 11.8 Å². The Labute approximate surface area is 120 Å². The molecule has 9 heteroatoms. The molecule has 1 aliphatic carbocycles. The summed E-state index contributed by atoms with van der Waals surface area (Å²) in [4.78, 5) is 22.7. The number of nitrogens with zero attached hydrogens (tertiary/aromatic N) is 4. The van der Waals surface area contributed by atoms with Crippen LogP contribution in [0.15, 0.2) is 5.16 Å². The second-order valence-electron chi connectivity index (χ2n) is 4.67. The van der Waals surface area contributed by atoms with E-state index < -0.39 is 12.0 Å². The maximum absolute atomic E-state index is 11.8. The van der Waals surface area contributed by atoms with Gasteiger partial charge in [-0.2, -0.15) is 0 Å². The molecule has 1 fully saturated rings. The van der Waals surface area contributed by atoms with Crippen LogP contribution < -0.4 is 5.32 Å². The number of carboxylic acid groups (broad SMARTS) is 1. The van der Waals surface area contributed by atoms with Crippen molar-refractivity contribution in [1.29, 1.82) is 0 Å². The number of tetrazole rings is 1. The van der Waals surface area contributed by atoms with Crippen molar-refractivity contribution < 1.29 is 14.7 Å². The summed E-state index contributed by atoms with van der Waals surface area (Å²) >= 11 is 1.22. The molecule has 0 bridgehead atoms. The summed E-state index contributed by atoms with van der Waals surface area (Å²) in [5.41, 5.74) is 0. The number of aromatic nitrogens is 4. The maximum Gasteiger partial charge on any atom is 0.326 e. The quantitative estimate of drug-likeness (QED) is 0.671. The Hall–Kier alpha value is -1.64. The van der Waals surface area contributed by atoms with E-state index in [1.807, 2.05) is 6.92 Å². The van der Waals surface area contributed by atoms with Gasteiger partial charge in [0, 0.05) is 0 Å². The van der Waals surface area contributed by atoms with Gasteiger partial charge >= 0.3 is 5.97 Å². The number of carbonyl (C=O) groups excluding carboxylic acids is 1. The van der Waals surface area contributed by atoms with Crippen molar-refractivity contribution in [3.8, 4) is 0 Å². The van der Waals surface area contributed by atoms with Gasteiger partial charge in [-0.3, -0.25) is 4.79 Å². The topological polar surface area (TPSA) is 110 Å². The minimum absolute atomic E-state index is 0.112. The standard InChI is InChI=1S/C11H17N5O3S/c1-2-3-8(10(18)19)12-9(17)6-20-11-13-14-15-16(11)7-4-5-7/h7-8H,2-6H2,1H3,(H,12,17)(H,18,19). The second-order valence-corrected chi connectivity index (χ2v) is 5.62. The lowest BCUT2D eigenvalue weighted by Gasteiger charge is -2.13. The zero-order chi connectivity index (χ0) is 14.5. The van der Waals surface area contributed by atoms with Crippen molar-refractivity contribution in [3.63, 3.8) is 0 Å². The van der Waals surface area contributed by atoms with Crippen molar-refractivity contribution in [2.75, 3.05) is 5.75 Å². The summed E-state index contributed by atoms with van der Waals surface area (Å²) < 4.78 is 1.72. The molecule has 0 spiro atoms. The van der Waals surface area contributed by atoms with E-state index in [1.54, 1.807) is 4.68 Å². The molecule has 0 aliphatic heterocycles. The molecule has 1 saturated carbocycles. The van der Waals surface area contributed by atoms with Crippen molar-refractivity contribution in [2.45, 2.75) is 49.8 Å². The first-order valence-electron chi connectivity index (χ1n) is 6.54. The lowest BCUT2D eigenvalue weighted by Crippen LogP contribution is -2.41. The van der Waals surface area contributed by atoms with Gasteiger partial charge in [-0.1, -0.05) is 25.1 Å². The summed E-state index contributed by atoms with van der Waals surface area (Å²) in [5.74, 6) is -1.21. The fourth-order valence-corrected chi connectivity index (χ4v) is 2.50. The molecule has 1 unspecified atom stereocenters. The Morgan fingerprint density at radius 1 is 1.55 bits per heavy atom. The summed E-state index contributed by atoms with van der Waals surface area (Å²) in [6.07, 6.45) is 3.24. The van der Waals surface area contributed by atoms with E-state index in [0.29, 0.717) is 24.0 Å². The van der Waals surface area contributed by atoms with Crippen LogP contribution >= 0.6 is 11.8 Å². The Morgan fingerprint density at radius 2 is 2.30 bits per heavy atom. The molecule has 110 valence electrons. The number of rotatable bonds is 8. The van der Waals surface area contributed by atoms with Gasteiger partial charge in [0.2, 0.25) is 11.1 Å². The largest absolute Gasteiger partial charge is 0.480 e. The van der Waals surface area contributed by atoms with E-state index in [4.69, 9.17) is 5.11 Å². The number of carbonyl (C=O) groups is 2. The van der Waals surface area contributed by atoms with Crippen LogP contribution in [0, 0.1) is 0 Å². The number of amides is 1. The smallest absolute Gasteiger partial charge is 0.326 e. The third kappa shape index (κ3) is 3.92. The molecule has 1 heterocycles. The molecule has 1 aromatic heterocycles. The molecular formula is C11H17N5O3S. The minimum atomic E-state index is -1.01. The highest BCUT2D eigenvalue weighted by Crippen LogP contribution is 2.36. The highest BCUT2D eigenvalue weighted by Gasteiger charge is 2.28. The lowest BCUT2D eigenvalue weighted by atomic mass is 10.2. The van der Waals surface area contributed by atoms with Gasteiger partial charge in [-0.15, -0.1) is 5.10 Å². The molecule has 1 amide bonds. The van der Waals surface area contributed by atoms with Gasteiger partial charge in [-0.05, 0) is 29.7 Å². The summed E-state index contributed by atoms with van der Waals surface area (Å²) in [6, 6.07) is -0.477. The zero-order valence-corrected chi connectivity index (χ0v) is 12.0. The number of hydrogen-bond donors (Lipinski definition) is 2. The van der Waals surface area contributed by atoms with Gasteiger partial charge < -0.3 is 10.4 Å². The zero-order valence-electron chi connectivity index (χ0n) is 11.2. The maximum atomic E-state index is 11.8. The Kier molecular flexibility index (Phi) is 4.94. The van der Waals surface area contributed by atoms with E-state index in [-0.39, 0.29) is 11.7 Å². The predicted molar refractivity (Wildman–Crippen MR) is 71.3 cm³/mol. The van der Waals surface area contributed by atoms with Crippen molar-refractivity contribution in [2.24, 2.45) is 0 Å². The molecule has 1 atom stereocenters. The van der Waals surface area contributed by atoms with Crippen LogP contribution in [0.25, 0.3) is 0 Å². The van der Waals surface area contributed by atoms with Gasteiger partial charge in [-0.25, -0.2) is 9.48 Å². The average molecular weight is 299 g/mol. The molecule has 1 aromatic rings. The minimum Gasteiger partial charge on any atom is -0.480 e. The molecule has 1 aliphatic rings. The Bertz CT molecular complexity index is 488. The lowest BCUT2D eigenvalue weighted by molar-refractivity contribution is -0.141. The highest BCUT2D eigenvalue weighted by atomic mass is 32.2. The number of thioether (sulfide) groups is 1. The first-order chi connectivity index (χ1) is 9.61. The van der Waals surface area contributed by atoms with Gasteiger partial charge in [0.15, 0.2) is 0 Å². The van der Waals surface area contributed by atoms with E-state index in [2.05, 4.69) is 20.8 Å². The fraction of sp³-hybridized carbons (Fsp3) is 0.727. The summed E-state index contributed by atoms with van der Waals surface area (Å²) in [5, 5.41) is 23.4. The van der Waals surface area contributed by atoms with Crippen LogP contribution in [0.3, 0.4) is 0 Å². The molecule has 20 heavy (non-hydrogen) atoms. The van der Waals surface area contributed by atoms with E-state index in [9.17, 15) is 9.59 Å². The molecule has 2 rings (SSSR count). The first-order valence-corrected chi connectivity index (χ1v) is 7.53. The van der Waals surface area contributed by atoms with Gasteiger partial charge in [0.25, 0.3) is 0 Å². The third-order valence-corrected chi connectivity index (χ3v) is 3.83. The highest BCUT2D eigenvalue weighted by molar-refractivity contribution is 7.99. The van der Waals surface area contributed by atoms with Crippen LogP contribution in [-0.4, -0.2) is 49.0 Å². The van der Waals surface area contributed by atoms with Crippen molar-refractivity contribution in [3.05, 3.63) is 0 Å². The van der Waals surface area contributed by atoms with E-state index in [0.717, 1.165) is 12.8 Å². The molecule has 0 aromatic carbocycles. The molecule has 0 radical (unpaired) electrons. The van der Waals surface area contributed by atoms with Crippen LogP contribution in [0.5, 0.6) is 0 Å². The van der Waals surface area contributed by atoms with Crippen LogP contribution in [-0.2, 0) is 9.59 Å². The number of nitrogens with one attached hydrogen (secondary N) is 1. The summed E-state index contributed by atoms with van der Waals surface area (Å²) in [7, 11) is 0. The van der Waals surface area contributed by atoms with Crippen LogP contribution in [0.1, 0.15) is 38.6 Å². The number of hydrogen-bond acceptors (Lipinski definition) is 6. The molecular weight excluding hydrogens is 282 g/mol. The Morgan fingerprint density at radius 3 is 2.90 bits per heavy atom. The normalized spacial score (nSPS) is 15.8. The fourth-order valence-electron chi connectivity index (χ4n) is 1.74. The number of aliphatic carboxylic acids is 1. The van der Waals surface area contributed by atoms with Gasteiger partial charge in [0.05, 0.1) is 11.8 Å². The third-order valence-electron chi connectivity index (χ3n) is 2.90. The van der Waals surface area contributed by atoms with Crippen molar-refractivity contribution in [1.82, 2.24) is 25.5 Å². The first kappa shape index (κ1) is 14.8. The molecule has 0 saturated heterocycles. The molecule has 8 nitrogen and oxygen atoms in total.